The van der Waals surface area contributed by atoms with E-state index in [1.54, 1.807) is 0 Å². The summed E-state index contributed by atoms with van der Waals surface area (Å²) in [6.07, 6.45) is 1.34. The fourth-order valence-electron chi connectivity index (χ4n) is 1.43. The minimum atomic E-state index is -0.582. The predicted octanol–water partition coefficient (Wildman–Crippen LogP) is 0.844. The number of halogens is 1. The molecule has 0 aromatic carbocycles. The van der Waals surface area contributed by atoms with E-state index < -0.39 is 6.10 Å². The topological polar surface area (TPSA) is 103 Å². The third kappa shape index (κ3) is 6.95. The molecule has 1 rings (SSSR count). The van der Waals surface area contributed by atoms with Crippen molar-refractivity contribution in [3.8, 4) is 0 Å². The van der Waals surface area contributed by atoms with Crippen molar-refractivity contribution in [2.24, 2.45) is 0 Å². The van der Waals surface area contributed by atoms with Gasteiger partial charge >= 0.3 is 0 Å². The molecule has 7 nitrogen and oxygen atoms in total. The van der Waals surface area contributed by atoms with Crippen LogP contribution in [0, 0.1) is 0 Å². The van der Waals surface area contributed by atoms with Crippen molar-refractivity contribution in [2.75, 3.05) is 32.2 Å². The minimum Gasteiger partial charge on any atom is -0.391 e. The van der Waals surface area contributed by atoms with Gasteiger partial charge in [0, 0.05) is 13.0 Å². The van der Waals surface area contributed by atoms with Crippen LogP contribution in [0.2, 0.25) is 5.15 Å². The monoisotopic (exact) mass is 304 g/mol. The Morgan fingerprint density at radius 1 is 1.25 bits per heavy atom. The molecule has 8 heteroatoms. The molecule has 0 bridgehead atoms. The highest BCUT2D eigenvalue weighted by atomic mass is 35.5. The summed E-state index contributed by atoms with van der Waals surface area (Å²) in [6, 6.07) is 0. The Bertz CT molecular complexity index is 395. The van der Waals surface area contributed by atoms with Gasteiger partial charge in [0.1, 0.15) is 0 Å². The molecular weight excluding hydrogens is 284 g/mol. The second-order valence-electron chi connectivity index (χ2n) is 4.28. The van der Waals surface area contributed by atoms with Gasteiger partial charge in [0.15, 0.2) is 16.8 Å². The van der Waals surface area contributed by atoms with Crippen molar-refractivity contribution >= 4 is 17.4 Å². The summed E-state index contributed by atoms with van der Waals surface area (Å²) >= 11 is 5.62. The molecule has 20 heavy (non-hydrogen) atoms. The van der Waals surface area contributed by atoms with Gasteiger partial charge in [0.2, 0.25) is 0 Å². The van der Waals surface area contributed by atoms with Crippen LogP contribution >= 0.6 is 11.6 Å². The van der Waals surface area contributed by atoms with Crippen LogP contribution in [-0.2, 0) is 15.9 Å². The molecule has 1 heterocycles. The van der Waals surface area contributed by atoms with Crippen molar-refractivity contribution in [3.63, 3.8) is 0 Å². The fraction of sp³-hybridized carbons (Fsp3) is 0.750. The second-order valence-corrected chi connectivity index (χ2v) is 4.64. The summed E-state index contributed by atoms with van der Waals surface area (Å²) in [4.78, 5) is 3.98. The van der Waals surface area contributed by atoms with Crippen LogP contribution in [0.5, 0.6) is 0 Å². The van der Waals surface area contributed by atoms with E-state index in [1.165, 1.54) is 0 Å². The lowest BCUT2D eigenvalue weighted by Gasteiger charge is -2.11. The van der Waals surface area contributed by atoms with E-state index in [9.17, 15) is 5.11 Å². The number of nitrogens with zero attached hydrogens (tertiary/aromatic N) is 3. The number of nitrogens with two attached hydrogens (primary N) is 1. The summed E-state index contributed by atoms with van der Waals surface area (Å²) in [5.74, 6) is 0.604. The van der Waals surface area contributed by atoms with E-state index in [0.29, 0.717) is 31.9 Å². The standard InChI is InChI=1S/C12H21ClN4O3/c1-2-5-19-6-7-20-8-9(18)3-4-10-15-12(14)11(13)17-16-10/h9,18H,2-8H2,1H3,(H2,14,15,16). The number of aromatic nitrogens is 3. The van der Waals surface area contributed by atoms with Crippen LogP contribution in [0.4, 0.5) is 5.82 Å². The normalized spacial score (nSPS) is 12.6. The average Bonchev–Trinajstić information content (AvgIpc) is 2.44. The molecule has 0 saturated heterocycles. The van der Waals surface area contributed by atoms with Gasteiger partial charge in [-0.1, -0.05) is 18.5 Å². The molecule has 0 radical (unpaired) electrons. The molecule has 0 aliphatic carbocycles. The summed E-state index contributed by atoms with van der Waals surface area (Å²) in [5.41, 5.74) is 5.52. The molecule has 0 spiro atoms. The number of ether oxygens (including phenoxy) is 2. The molecule has 0 amide bonds. The van der Waals surface area contributed by atoms with E-state index in [2.05, 4.69) is 15.2 Å². The maximum absolute atomic E-state index is 9.74. The van der Waals surface area contributed by atoms with Crippen molar-refractivity contribution in [1.82, 2.24) is 15.2 Å². The van der Waals surface area contributed by atoms with Gasteiger partial charge in [-0.3, -0.25) is 0 Å². The fourth-order valence-corrected chi connectivity index (χ4v) is 1.51. The van der Waals surface area contributed by atoms with E-state index in [1.807, 2.05) is 6.92 Å². The average molecular weight is 305 g/mol. The number of aryl methyl sites for hydroxylation is 1. The third-order valence-corrected chi connectivity index (χ3v) is 2.72. The number of nitrogen functional groups attached to an aromatic ring is 1. The quantitative estimate of drug-likeness (QED) is 0.617. The Morgan fingerprint density at radius 3 is 2.70 bits per heavy atom. The molecule has 0 fully saturated rings. The van der Waals surface area contributed by atoms with Gasteiger partial charge < -0.3 is 20.3 Å². The lowest BCUT2D eigenvalue weighted by Crippen LogP contribution is -2.19. The zero-order valence-electron chi connectivity index (χ0n) is 11.6. The van der Waals surface area contributed by atoms with Crippen molar-refractivity contribution < 1.29 is 14.6 Å². The predicted molar refractivity (Wildman–Crippen MR) is 75.5 cm³/mol. The van der Waals surface area contributed by atoms with Crippen LogP contribution in [0.25, 0.3) is 0 Å². The Kier molecular flexibility index (Phi) is 8.36. The molecule has 0 saturated carbocycles. The molecule has 1 unspecified atom stereocenters. The minimum absolute atomic E-state index is 0.0877. The molecule has 114 valence electrons. The number of aliphatic hydroxyl groups is 1. The zero-order chi connectivity index (χ0) is 14.8. The molecule has 1 aromatic rings. The SMILES string of the molecule is CCCOCCOCC(O)CCc1nnc(Cl)c(N)n1. The van der Waals surface area contributed by atoms with Gasteiger partial charge in [0.05, 0.1) is 25.9 Å². The highest BCUT2D eigenvalue weighted by Gasteiger charge is 2.08. The zero-order valence-corrected chi connectivity index (χ0v) is 12.3. The van der Waals surface area contributed by atoms with Gasteiger partial charge in [-0.15, -0.1) is 10.2 Å². The second kappa shape index (κ2) is 9.82. The largest absolute Gasteiger partial charge is 0.391 e. The Labute approximate surface area is 123 Å². The van der Waals surface area contributed by atoms with Crippen molar-refractivity contribution in [2.45, 2.75) is 32.3 Å². The molecule has 1 aromatic heterocycles. The lowest BCUT2D eigenvalue weighted by atomic mass is 10.2. The highest BCUT2D eigenvalue weighted by molar-refractivity contribution is 6.31. The van der Waals surface area contributed by atoms with E-state index in [0.717, 1.165) is 13.0 Å². The molecule has 1 atom stereocenters. The number of hydrogen-bond donors (Lipinski definition) is 2. The van der Waals surface area contributed by atoms with Crippen molar-refractivity contribution in [3.05, 3.63) is 11.0 Å². The number of aliphatic hydroxyl groups excluding tert-OH is 1. The van der Waals surface area contributed by atoms with Crippen LogP contribution in [0.3, 0.4) is 0 Å². The van der Waals surface area contributed by atoms with Crippen molar-refractivity contribution in [1.29, 1.82) is 0 Å². The van der Waals surface area contributed by atoms with E-state index in [4.69, 9.17) is 26.8 Å². The van der Waals surface area contributed by atoms with Gasteiger partial charge in [-0.25, -0.2) is 4.98 Å². The van der Waals surface area contributed by atoms with Gasteiger partial charge in [-0.2, -0.15) is 0 Å². The Hall–Kier alpha value is -1.02. The molecular formula is C12H21ClN4O3. The van der Waals surface area contributed by atoms with Crippen LogP contribution < -0.4 is 5.73 Å². The van der Waals surface area contributed by atoms with Gasteiger partial charge in [-0.05, 0) is 12.8 Å². The van der Waals surface area contributed by atoms with E-state index >= 15 is 0 Å². The first-order chi connectivity index (χ1) is 9.63. The Balaban J connectivity index is 2.13. The van der Waals surface area contributed by atoms with Crippen LogP contribution in [0.1, 0.15) is 25.6 Å². The first kappa shape index (κ1) is 17.0. The number of hydrogen-bond acceptors (Lipinski definition) is 7. The first-order valence-corrected chi connectivity index (χ1v) is 6.99. The number of anilines is 1. The summed E-state index contributed by atoms with van der Waals surface area (Å²) in [7, 11) is 0. The molecule has 3 N–H and O–H groups in total. The summed E-state index contributed by atoms with van der Waals surface area (Å²) in [5, 5.41) is 17.3. The van der Waals surface area contributed by atoms with Crippen LogP contribution in [0.15, 0.2) is 0 Å². The Morgan fingerprint density at radius 2 is 2.00 bits per heavy atom. The summed E-state index contributed by atoms with van der Waals surface area (Å²) in [6.45, 7) is 4.05. The van der Waals surface area contributed by atoms with Gasteiger partial charge in [0.25, 0.3) is 0 Å². The third-order valence-electron chi connectivity index (χ3n) is 2.45. The maximum atomic E-state index is 9.74. The first-order valence-electron chi connectivity index (χ1n) is 6.61. The smallest absolute Gasteiger partial charge is 0.193 e. The highest BCUT2D eigenvalue weighted by Crippen LogP contribution is 2.11. The van der Waals surface area contributed by atoms with Crippen LogP contribution in [-0.4, -0.2) is 52.8 Å². The summed E-state index contributed by atoms with van der Waals surface area (Å²) < 4.78 is 10.6. The molecule has 0 aliphatic rings. The number of rotatable bonds is 10. The van der Waals surface area contributed by atoms with E-state index in [-0.39, 0.29) is 17.6 Å². The maximum Gasteiger partial charge on any atom is 0.193 e. The lowest BCUT2D eigenvalue weighted by molar-refractivity contribution is 0.00155. The molecule has 0 aliphatic heterocycles.